The number of aromatic nitrogens is 1. The number of amides is 1. The number of ketones is 1. The standard InChI is InChI=1S/C20H16N2O2S.C18H18O2S2.C3H4N2O/c1-25-19-11-17(22-20(23)16(19)12-21)15-9-5-6-10-18(15)24-13-14-7-3-2-4-8-14;1-21-18(22-2)12-16(19)15-10-6-7-11-17(15)20-13-14-8-4-3-5-9-14;4-2-1-3(5)6/h2-11H,13H2,1H3,(H,22,23);3-12H,13H2,1-2H3;1H2,(H2,5,6). The quantitative estimate of drug-likeness (QED) is 0.0676. The van der Waals surface area contributed by atoms with Gasteiger partial charge in [0.15, 0.2) is 5.78 Å². The number of nitrogens with two attached hydrogens (primary N) is 1. The molecule has 270 valence electrons. The van der Waals surface area contributed by atoms with Crippen molar-refractivity contribution in [3.63, 3.8) is 0 Å². The van der Waals surface area contributed by atoms with Crippen LogP contribution in [0.15, 0.2) is 135 Å². The molecule has 0 atom stereocenters. The third-order valence-electron chi connectivity index (χ3n) is 7.04. The van der Waals surface area contributed by atoms with E-state index >= 15 is 0 Å². The molecule has 1 amide bonds. The summed E-state index contributed by atoms with van der Waals surface area (Å²) in [5, 5.41) is 16.8. The Hall–Kier alpha value is -5.66. The van der Waals surface area contributed by atoms with Crippen molar-refractivity contribution in [3.05, 3.63) is 158 Å². The number of aromatic amines is 1. The summed E-state index contributed by atoms with van der Waals surface area (Å²) in [5.41, 5.74) is 8.46. The van der Waals surface area contributed by atoms with Gasteiger partial charge in [0.2, 0.25) is 5.91 Å². The number of allylic oxidation sites excluding steroid dienone is 1. The predicted molar refractivity (Wildman–Crippen MR) is 216 cm³/mol. The van der Waals surface area contributed by atoms with Gasteiger partial charge in [-0.25, -0.2) is 0 Å². The highest BCUT2D eigenvalue weighted by Crippen LogP contribution is 2.31. The number of H-pyrrole nitrogens is 1. The van der Waals surface area contributed by atoms with Gasteiger partial charge in [0, 0.05) is 20.8 Å². The van der Waals surface area contributed by atoms with Crippen LogP contribution in [0.5, 0.6) is 11.5 Å². The number of thioether (sulfide) groups is 3. The van der Waals surface area contributed by atoms with Crippen molar-refractivity contribution < 1.29 is 19.1 Å². The van der Waals surface area contributed by atoms with Gasteiger partial charge in [0.05, 0.1) is 17.3 Å². The number of ether oxygens (including phenoxy) is 2. The Balaban J connectivity index is 0.000000249. The van der Waals surface area contributed by atoms with Crippen molar-refractivity contribution >= 4 is 47.0 Å². The highest BCUT2D eigenvalue weighted by molar-refractivity contribution is 8.21. The van der Waals surface area contributed by atoms with Gasteiger partial charge < -0.3 is 20.2 Å². The minimum absolute atomic E-state index is 0.0256. The van der Waals surface area contributed by atoms with Gasteiger partial charge >= 0.3 is 0 Å². The maximum absolute atomic E-state index is 12.4. The van der Waals surface area contributed by atoms with Gasteiger partial charge in [-0.05, 0) is 60.2 Å². The van der Waals surface area contributed by atoms with Crippen LogP contribution in [0, 0.1) is 22.7 Å². The highest BCUT2D eigenvalue weighted by Gasteiger charge is 2.14. The fraction of sp³-hybridized carbons (Fsp3) is 0.146. The van der Waals surface area contributed by atoms with Crippen molar-refractivity contribution in [3.8, 4) is 34.9 Å². The lowest BCUT2D eigenvalue weighted by molar-refractivity contribution is -0.117. The van der Waals surface area contributed by atoms with E-state index in [9.17, 15) is 14.4 Å². The molecule has 0 radical (unpaired) electrons. The average Bonchev–Trinajstić information content (AvgIpc) is 3.19. The molecular weight excluding hydrogens is 725 g/mol. The summed E-state index contributed by atoms with van der Waals surface area (Å²) < 4.78 is 12.8. The number of carbonyl (C=O) groups excluding carboxylic acids is 2. The van der Waals surface area contributed by atoms with E-state index in [1.165, 1.54) is 11.8 Å². The van der Waals surface area contributed by atoms with Crippen LogP contribution in [0.3, 0.4) is 0 Å². The summed E-state index contributed by atoms with van der Waals surface area (Å²) in [4.78, 5) is 37.6. The van der Waals surface area contributed by atoms with E-state index in [0.717, 1.165) is 20.9 Å². The van der Waals surface area contributed by atoms with E-state index in [1.807, 2.05) is 134 Å². The van der Waals surface area contributed by atoms with Crippen LogP contribution < -0.4 is 20.8 Å². The summed E-state index contributed by atoms with van der Waals surface area (Å²) in [5.74, 6) is 0.702. The van der Waals surface area contributed by atoms with Crippen LogP contribution in [0.1, 0.15) is 33.5 Å². The summed E-state index contributed by atoms with van der Waals surface area (Å²) in [6, 6.07) is 40.1. The van der Waals surface area contributed by atoms with Gasteiger partial charge in [0.1, 0.15) is 42.8 Å². The molecule has 12 heteroatoms. The third-order valence-corrected chi connectivity index (χ3v) is 9.84. The lowest BCUT2D eigenvalue weighted by Crippen LogP contribution is -2.12. The Labute approximate surface area is 322 Å². The molecule has 0 saturated heterocycles. The maximum Gasteiger partial charge on any atom is 0.267 e. The van der Waals surface area contributed by atoms with E-state index in [2.05, 4.69) is 10.7 Å². The number of hydrogen-bond donors (Lipinski definition) is 2. The molecule has 5 aromatic rings. The molecule has 3 N–H and O–H groups in total. The van der Waals surface area contributed by atoms with Gasteiger partial charge in [-0.2, -0.15) is 10.5 Å². The molecular formula is C41H38N4O5S3. The number of hydrogen-bond acceptors (Lipinski definition) is 10. The highest BCUT2D eigenvalue weighted by atomic mass is 32.2. The van der Waals surface area contributed by atoms with Gasteiger partial charge in [-0.15, -0.1) is 35.3 Å². The molecule has 0 aliphatic heterocycles. The molecule has 9 nitrogen and oxygen atoms in total. The zero-order chi connectivity index (χ0) is 38.4. The van der Waals surface area contributed by atoms with E-state index in [-0.39, 0.29) is 23.3 Å². The first kappa shape index (κ1) is 41.8. The second-order valence-corrected chi connectivity index (χ2v) is 13.4. The Morgan fingerprint density at radius 2 is 1.30 bits per heavy atom. The first-order valence-electron chi connectivity index (χ1n) is 16.0. The SMILES string of the molecule is CSC(=CC(=O)c1ccccc1OCc1ccccc1)SC.CSc1cc(-c2ccccc2OCc2ccccc2)[nH]c(=O)c1C#N.N#CCC(N)=O. The summed E-state index contributed by atoms with van der Waals surface area (Å²) in [6.45, 7) is 0.889. The van der Waals surface area contributed by atoms with Crippen LogP contribution in [0.25, 0.3) is 11.3 Å². The van der Waals surface area contributed by atoms with Crippen LogP contribution in [-0.4, -0.2) is 35.4 Å². The number of para-hydroxylation sites is 2. The van der Waals surface area contributed by atoms with Crippen LogP contribution in [0.4, 0.5) is 0 Å². The Morgan fingerprint density at radius 1 is 0.774 bits per heavy atom. The van der Waals surface area contributed by atoms with Crippen molar-refractivity contribution in [1.29, 1.82) is 10.5 Å². The molecule has 53 heavy (non-hydrogen) atoms. The Bertz CT molecular complexity index is 2120. The molecule has 1 aromatic heterocycles. The molecule has 1 heterocycles. The lowest BCUT2D eigenvalue weighted by atomic mass is 10.1. The van der Waals surface area contributed by atoms with Crippen molar-refractivity contribution in [1.82, 2.24) is 4.98 Å². The van der Waals surface area contributed by atoms with Crippen molar-refractivity contribution in [2.75, 3.05) is 18.8 Å². The number of pyridine rings is 1. The number of primary amides is 1. The van der Waals surface area contributed by atoms with Gasteiger partial charge in [-0.3, -0.25) is 14.4 Å². The maximum atomic E-state index is 12.4. The molecule has 0 fully saturated rings. The smallest absolute Gasteiger partial charge is 0.267 e. The van der Waals surface area contributed by atoms with Crippen molar-refractivity contribution in [2.24, 2.45) is 5.73 Å². The first-order chi connectivity index (χ1) is 25.7. The minimum atomic E-state index is -0.572. The first-order valence-corrected chi connectivity index (χ1v) is 19.6. The van der Waals surface area contributed by atoms with E-state index in [4.69, 9.17) is 20.0 Å². The normalized spacial score (nSPS) is 9.75. The molecule has 0 unspecified atom stereocenters. The number of nitrogens with one attached hydrogen (secondary N) is 1. The molecule has 0 saturated carbocycles. The summed E-state index contributed by atoms with van der Waals surface area (Å²) >= 11 is 4.52. The zero-order valence-electron chi connectivity index (χ0n) is 29.4. The number of carbonyl (C=O) groups is 2. The number of nitrogens with zero attached hydrogens (tertiary/aromatic N) is 2. The third kappa shape index (κ3) is 13.8. The van der Waals surface area contributed by atoms with Crippen LogP contribution in [-0.2, 0) is 18.0 Å². The van der Waals surface area contributed by atoms with E-state index < -0.39 is 5.91 Å². The van der Waals surface area contributed by atoms with Crippen molar-refractivity contribution in [2.45, 2.75) is 24.5 Å². The predicted octanol–water partition coefficient (Wildman–Crippen LogP) is 8.62. The summed E-state index contributed by atoms with van der Waals surface area (Å²) in [7, 11) is 0. The van der Waals surface area contributed by atoms with Gasteiger partial charge in [-0.1, -0.05) is 84.9 Å². The molecule has 0 aliphatic carbocycles. The zero-order valence-corrected chi connectivity index (χ0v) is 31.9. The number of rotatable bonds is 13. The van der Waals surface area contributed by atoms with E-state index in [1.54, 1.807) is 41.7 Å². The molecule has 5 rings (SSSR count). The second kappa shape index (κ2) is 23.0. The van der Waals surface area contributed by atoms with Crippen LogP contribution >= 0.6 is 35.3 Å². The topological polar surface area (TPSA) is 159 Å². The Morgan fingerprint density at radius 3 is 1.81 bits per heavy atom. The minimum Gasteiger partial charge on any atom is -0.488 e. The molecule has 4 aromatic carbocycles. The monoisotopic (exact) mass is 762 g/mol. The summed E-state index contributed by atoms with van der Waals surface area (Å²) in [6.07, 6.45) is 7.26. The fourth-order valence-corrected chi connectivity index (χ4v) is 6.19. The molecule has 0 bridgehead atoms. The Kier molecular flexibility index (Phi) is 18.1. The average molecular weight is 763 g/mol. The molecule has 0 spiro atoms. The fourth-order valence-electron chi connectivity index (χ4n) is 4.49. The largest absolute Gasteiger partial charge is 0.488 e. The molecule has 0 aliphatic rings. The van der Waals surface area contributed by atoms with Gasteiger partial charge in [0.25, 0.3) is 5.56 Å². The number of nitriles is 2. The van der Waals surface area contributed by atoms with E-state index in [0.29, 0.717) is 40.9 Å². The van der Waals surface area contributed by atoms with Crippen LogP contribution in [0.2, 0.25) is 0 Å². The lowest BCUT2D eigenvalue weighted by Gasteiger charge is -2.12. The number of benzene rings is 4. The second-order valence-electron chi connectivity index (χ2n) is 10.6.